The number of H-pyrrole nitrogens is 1. The molecule has 7 nitrogen and oxygen atoms in total. The number of carboxylic acid groups (broad SMARTS) is 1. The van der Waals surface area contributed by atoms with E-state index in [1.807, 2.05) is 0 Å². The van der Waals surface area contributed by atoms with Crippen molar-refractivity contribution < 1.29 is 18.3 Å². The van der Waals surface area contributed by atoms with Crippen LogP contribution >= 0.6 is 15.9 Å². The highest BCUT2D eigenvalue weighted by Gasteiger charge is 2.19. The van der Waals surface area contributed by atoms with Crippen LogP contribution in [0.25, 0.3) is 0 Å². The Balaban J connectivity index is 2.38. The van der Waals surface area contributed by atoms with Crippen molar-refractivity contribution in [1.29, 1.82) is 0 Å². The number of rotatable bonds is 4. The molecule has 19 heavy (non-hydrogen) atoms. The molecule has 1 heterocycles. The van der Waals surface area contributed by atoms with Crippen LogP contribution in [0.4, 0.5) is 5.82 Å². The second-order valence-corrected chi connectivity index (χ2v) is 6.03. The number of sulfonamides is 1. The van der Waals surface area contributed by atoms with Crippen LogP contribution in [0.2, 0.25) is 0 Å². The minimum Gasteiger partial charge on any atom is -0.478 e. The van der Waals surface area contributed by atoms with Crippen LogP contribution in [0.5, 0.6) is 0 Å². The van der Waals surface area contributed by atoms with Gasteiger partial charge in [0.1, 0.15) is 10.7 Å². The summed E-state index contributed by atoms with van der Waals surface area (Å²) in [7, 11) is -3.82. The molecular formula is C10H8BrN3O4S. The number of hydrogen-bond acceptors (Lipinski definition) is 4. The summed E-state index contributed by atoms with van der Waals surface area (Å²) in [5.41, 5.74) is -0.00707. The minimum atomic E-state index is -3.82. The maximum absolute atomic E-state index is 12.1. The van der Waals surface area contributed by atoms with Gasteiger partial charge in [0, 0.05) is 10.5 Å². The van der Waals surface area contributed by atoms with Crippen LogP contribution in [-0.2, 0) is 10.0 Å². The van der Waals surface area contributed by atoms with Crippen LogP contribution < -0.4 is 4.72 Å². The summed E-state index contributed by atoms with van der Waals surface area (Å²) in [6.45, 7) is 0. The van der Waals surface area contributed by atoms with E-state index in [1.165, 1.54) is 30.5 Å². The second-order valence-electron chi connectivity index (χ2n) is 3.53. The van der Waals surface area contributed by atoms with Crippen molar-refractivity contribution in [2.24, 2.45) is 0 Å². The van der Waals surface area contributed by atoms with Crippen molar-refractivity contribution in [3.8, 4) is 0 Å². The molecule has 0 atom stereocenters. The van der Waals surface area contributed by atoms with E-state index in [9.17, 15) is 13.2 Å². The standard InChI is InChI=1S/C10H8BrN3O4S/c11-7-5-6(10(15)16)1-2-8(7)19(17,18)14-9-3-4-12-13-9/h1-5H,(H,15,16)(H2,12,13,14). The predicted octanol–water partition coefficient (Wildman–Crippen LogP) is 1.67. The molecule has 0 amide bonds. The first-order chi connectivity index (χ1) is 8.90. The molecule has 2 rings (SSSR count). The topological polar surface area (TPSA) is 112 Å². The van der Waals surface area contributed by atoms with Gasteiger partial charge in [-0.05, 0) is 34.1 Å². The fraction of sp³-hybridized carbons (Fsp3) is 0. The molecule has 0 radical (unpaired) electrons. The van der Waals surface area contributed by atoms with Gasteiger partial charge in [0.15, 0.2) is 0 Å². The molecule has 9 heteroatoms. The van der Waals surface area contributed by atoms with Crippen LogP contribution in [0.15, 0.2) is 39.8 Å². The Morgan fingerprint density at radius 2 is 2.11 bits per heavy atom. The first-order valence-electron chi connectivity index (χ1n) is 4.95. The fourth-order valence-corrected chi connectivity index (χ4v) is 3.46. The number of anilines is 1. The lowest BCUT2D eigenvalue weighted by molar-refractivity contribution is 0.0696. The SMILES string of the molecule is O=C(O)c1ccc(S(=O)(=O)Nc2ccn[nH]2)c(Br)c1. The molecule has 0 aliphatic rings. The summed E-state index contributed by atoms with van der Waals surface area (Å²) in [5, 5.41) is 14.9. The maximum atomic E-state index is 12.1. The molecule has 0 unspecified atom stereocenters. The molecule has 0 aliphatic carbocycles. The summed E-state index contributed by atoms with van der Waals surface area (Å²) < 4.78 is 26.6. The predicted molar refractivity (Wildman–Crippen MR) is 70.5 cm³/mol. The zero-order valence-corrected chi connectivity index (χ0v) is 11.7. The molecule has 1 aromatic heterocycles. The van der Waals surface area contributed by atoms with Gasteiger partial charge in [-0.25, -0.2) is 13.2 Å². The van der Waals surface area contributed by atoms with E-state index in [-0.39, 0.29) is 20.7 Å². The highest BCUT2D eigenvalue weighted by atomic mass is 79.9. The van der Waals surface area contributed by atoms with E-state index in [0.29, 0.717) is 0 Å². The number of benzene rings is 1. The first-order valence-corrected chi connectivity index (χ1v) is 7.23. The smallest absolute Gasteiger partial charge is 0.335 e. The normalized spacial score (nSPS) is 11.2. The van der Waals surface area contributed by atoms with Crippen LogP contribution in [0.1, 0.15) is 10.4 Å². The summed E-state index contributed by atoms with van der Waals surface area (Å²) in [4.78, 5) is 10.7. The molecule has 3 N–H and O–H groups in total. The number of halogens is 1. The number of carboxylic acids is 1. The number of carbonyl (C=O) groups is 1. The van der Waals surface area contributed by atoms with E-state index in [2.05, 4.69) is 30.8 Å². The van der Waals surface area contributed by atoms with E-state index in [0.717, 1.165) is 0 Å². The summed E-state index contributed by atoms with van der Waals surface area (Å²) >= 11 is 3.05. The lowest BCUT2D eigenvalue weighted by Gasteiger charge is -2.08. The molecular weight excluding hydrogens is 338 g/mol. The monoisotopic (exact) mass is 345 g/mol. The number of aromatic nitrogens is 2. The molecule has 0 saturated carbocycles. The van der Waals surface area contributed by atoms with E-state index in [4.69, 9.17) is 5.11 Å². The van der Waals surface area contributed by atoms with Crippen LogP contribution in [0, 0.1) is 0 Å². The van der Waals surface area contributed by atoms with Crippen molar-refractivity contribution in [2.45, 2.75) is 4.90 Å². The summed E-state index contributed by atoms with van der Waals surface area (Å²) in [6.07, 6.45) is 1.40. The van der Waals surface area contributed by atoms with Gasteiger partial charge in [0.2, 0.25) is 0 Å². The zero-order chi connectivity index (χ0) is 14.0. The van der Waals surface area contributed by atoms with Crippen molar-refractivity contribution in [2.75, 3.05) is 4.72 Å². The molecule has 0 spiro atoms. The third kappa shape index (κ3) is 2.93. The highest BCUT2D eigenvalue weighted by molar-refractivity contribution is 9.10. The average Bonchev–Trinajstić information content (AvgIpc) is 2.80. The molecule has 100 valence electrons. The molecule has 2 aromatic rings. The maximum Gasteiger partial charge on any atom is 0.335 e. The molecule has 0 fully saturated rings. The largest absolute Gasteiger partial charge is 0.478 e. The van der Waals surface area contributed by atoms with E-state index >= 15 is 0 Å². The molecule has 0 aliphatic heterocycles. The Morgan fingerprint density at radius 3 is 2.63 bits per heavy atom. The van der Waals surface area contributed by atoms with Gasteiger partial charge in [-0.15, -0.1) is 0 Å². The van der Waals surface area contributed by atoms with Crippen molar-refractivity contribution in [3.05, 3.63) is 40.5 Å². The fourth-order valence-electron chi connectivity index (χ4n) is 1.36. The van der Waals surface area contributed by atoms with Crippen LogP contribution in [-0.4, -0.2) is 29.7 Å². The van der Waals surface area contributed by atoms with Gasteiger partial charge in [-0.3, -0.25) is 9.82 Å². The Kier molecular flexibility index (Phi) is 3.58. The van der Waals surface area contributed by atoms with Gasteiger partial charge in [0.25, 0.3) is 10.0 Å². The van der Waals surface area contributed by atoms with Crippen molar-refractivity contribution in [1.82, 2.24) is 10.2 Å². The Bertz CT molecular complexity index is 712. The number of aromatic amines is 1. The van der Waals surface area contributed by atoms with Gasteiger partial charge in [-0.1, -0.05) is 0 Å². The number of nitrogens with one attached hydrogen (secondary N) is 2. The number of aromatic carboxylic acids is 1. The van der Waals surface area contributed by atoms with Gasteiger partial charge < -0.3 is 5.11 Å². The van der Waals surface area contributed by atoms with E-state index < -0.39 is 16.0 Å². The molecule has 0 saturated heterocycles. The summed E-state index contributed by atoms with van der Waals surface area (Å²) in [5.74, 6) is -0.916. The third-order valence-corrected chi connectivity index (χ3v) is 4.56. The summed E-state index contributed by atoms with van der Waals surface area (Å²) in [6, 6.07) is 5.11. The van der Waals surface area contributed by atoms with Gasteiger partial charge >= 0.3 is 5.97 Å². The van der Waals surface area contributed by atoms with Crippen molar-refractivity contribution in [3.63, 3.8) is 0 Å². The second kappa shape index (κ2) is 5.02. The average molecular weight is 346 g/mol. The zero-order valence-electron chi connectivity index (χ0n) is 9.29. The first kappa shape index (κ1) is 13.6. The van der Waals surface area contributed by atoms with Crippen molar-refractivity contribution >= 4 is 37.7 Å². The highest BCUT2D eigenvalue weighted by Crippen LogP contribution is 2.24. The van der Waals surface area contributed by atoms with Crippen LogP contribution in [0.3, 0.4) is 0 Å². The lowest BCUT2D eigenvalue weighted by Crippen LogP contribution is -2.14. The third-order valence-electron chi connectivity index (χ3n) is 2.21. The van der Waals surface area contributed by atoms with Gasteiger partial charge in [-0.2, -0.15) is 5.10 Å². The molecule has 1 aromatic carbocycles. The Labute approximate surface area is 116 Å². The minimum absolute atomic E-state index is 0.00707. The lowest BCUT2D eigenvalue weighted by atomic mass is 10.2. The molecule has 0 bridgehead atoms. The quantitative estimate of drug-likeness (QED) is 0.780. The van der Waals surface area contributed by atoms with Gasteiger partial charge in [0.05, 0.1) is 11.8 Å². The number of hydrogen-bond donors (Lipinski definition) is 3. The Hall–Kier alpha value is -1.87. The van der Waals surface area contributed by atoms with E-state index in [1.54, 1.807) is 0 Å². The number of nitrogens with zero attached hydrogens (tertiary/aromatic N) is 1. The Morgan fingerprint density at radius 1 is 1.37 bits per heavy atom.